The van der Waals surface area contributed by atoms with Crippen LogP contribution in [0, 0.1) is 10.1 Å². The molecule has 1 unspecified atom stereocenters. The fourth-order valence-electron chi connectivity index (χ4n) is 1.78. The molecule has 19 heavy (non-hydrogen) atoms. The number of hydrogen-bond acceptors (Lipinski definition) is 4. The van der Waals surface area contributed by atoms with Crippen LogP contribution in [0.25, 0.3) is 0 Å². The lowest BCUT2D eigenvalue weighted by molar-refractivity contribution is -0.384. The van der Waals surface area contributed by atoms with Gasteiger partial charge in [-0.2, -0.15) is 0 Å². The molecular formula is C12H13BrN4O2. The van der Waals surface area contributed by atoms with Gasteiger partial charge in [-0.25, -0.2) is 0 Å². The zero-order chi connectivity index (χ0) is 14.0. The molecule has 0 radical (unpaired) electrons. The molecule has 0 aliphatic rings. The molecule has 1 aromatic heterocycles. The molecule has 0 saturated carbocycles. The topological polar surface area (TPSA) is 73.0 Å². The molecule has 6 nitrogen and oxygen atoms in total. The van der Waals surface area contributed by atoms with Crippen LogP contribution in [0.5, 0.6) is 0 Å². The summed E-state index contributed by atoms with van der Waals surface area (Å²) >= 11 is 3.40. The first-order chi connectivity index (χ1) is 8.97. The maximum Gasteiger partial charge on any atom is 0.330 e. The molecule has 0 fully saturated rings. The second-order valence-electron chi connectivity index (χ2n) is 4.21. The summed E-state index contributed by atoms with van der Waals surface area (Å²) in [5.41, 5.74) is 0.999. The summed E-state index contributed by atoms with van der Waals surface area (Å²) in [7, 11) is 1.65. The van der Waals surface area contributed by atoms with Crippen molar-refractivity contribution in [2.24, 2.45) is 7.05 Å². The SMILES string of the molecule is CC(Nc1nn(C)cc1[N+](=O)[O-])c1cccc(Br)c1. The lowest BCUT2D eigenvalue weighted by atomic mass is 10.1. The number of nitrogens with one attached hydrogen (secondary N) is 1. The average molecular weight is 325 g/mol. The van der Waals surface area contributed by atoms with Gasteiger partial charge in [0.15, 0.2) is 0 Å². The van der Waals surface area contributed by atoms with Crippen LogP contribution in [-0.4, -0.2) is 14.7 Å². The lowest BCUT2D eigenvalue weighted by Gasteiger charge is -2.13. The summed E-state index contributed by atoms with van der Waals surface area (Å²) < 4.78 is 2.39. The van der Waals surface area contributed by atoms with Gasteiger partial charge in [0.1, 0.15) is 6.20 Å². The molecule has 2 rings (SSSR count). The average Bonchev–Trinajstić information content (AvgIpc) is 2.70. The summed E-state index contributed by atoms with van der Waals surface area (Å²) in [5.74, 6) is 0.278. The minimum Gasteiger partial charge on any atom is -0.356 e. The molecule has 1 aromatic carbocycles. The van der Waals surface area contributed by atoms with E-state index in [9.17, 15) is 10.1 Å². The number of rotatable bonds is 4. The molecule has 1 atom stereocenters. The van der Waals surface area contributed by atoms with Crippen molar-refractivity contribution in [2.45, 2.75) is 13.0 Å². The van der Waals surface area contributed by atoms with E-state index in [1.165, 1.54) is 10.9 Å². The number of halogens is 1. The van der Waals surface area contributed by atoms with E-state index in [1.807, 2.05) is 31.2 Å². The van der Waals surface area contributed by atoms with Gasteiger partial charge in [-0.05, 0) is 24.6 Å². The number of nitrogens with zero attached hydrogens (tertiary/aromatic N) is 3. The Kier molecular flexibility index (Phi) is 3.84. The molecule has 0 aliphatic heterocycles. The van der Waals surface area contributed by atoms with Crippen LogP contribution in [0.3, 0.4) is 0 Å². The smallest absolute Gasteiger partial charge is 0.330 e. The van der Waals surface area contributed by atoms with Crippen molar-refractivity contribution in [3.63, 3.8) is 0 Å². The third-order valence-corrected chi connectivity index (χ3v) is 3.20. The van der Waals surface area contributed by atoms with Gasteiger partial charge in [-0.15, -0.1) is 5.10 Å². The second kappa shape index (κ2) is 5.40. The third kappa shape index (κ3) is 3.11. The van der Waals surface area contributed by atoms with Crippen molar-refractivity contribution in [1.29, 1.82) is 0 Å². The van der Waals surface area contributed by atoms with Gasteiger partial charge in [0, 0.05) is 11.5 Å². The van der Waals surface area contributed by atoms with Gasteiger partial charge >= 0.3 is 5.69 Å². The van der Waals surface area contributed by atoms with E-state index >= 15 is 0 Å². The Morgan fingerprint density at radius 1 is 1.53 bits per heavy atom. The highest BCUT2D eigenvalue weighted by Crippen LogP contribution is 2.27. The Morgan fingerprint density at radius 3 is 2.89 bits per heavy atom. The zero-order valence-electron chi connectivity index (χ0n) is 10.5. The first kappa shape index (κ1) is 13.5. The predicted molar refractivity (Wildman–Crippen MR) is 76.0 cm³/mol. The maximum atomic E-state index is 10.9. The van der Waals surface area contributed by atoms with Crippen LogP contribution >= 0.6 is 15.9 Å². The Morgan fingerprint density at radius 2 is 2.26 bits per heavy atom. The first-order valence-electron chi connectivity index (χ1n) is 5.67. The largest absolute Gasteiger partial charge is 0.356 e. The second-order valence-corrected chi connectivity index (χ2v) is 5.13. The van der Waals surface area contributed by atoms with Crippen molar-refractivity contribution in [3.05, 3.63) is 50.6 Å². The first-order valence-corrected chi connectivity index (χ1v) is 6.46. The van der Waals surface area contributed by atoms with Crippen LogP contribution in [0.1, 0.15) is 18.5 Å². The van der Waals surface area contributed by atoms with E-state index in [-0.39, 0.29) is 17.5 Å². The van der Waals surface area contributed by atoms with Crippen LogP contribution in [0.15, 0.2) is 34.9 Å². The van der Waals surface area contributed by atoms with Gasteiger partial charge in [0.25, 0.3) is 0 Å². The Balaban J connectivity index is 2.24. The zero-order valence-corrected chi connectivity index (χ0v) is 12.1. The normalized spacial score (nSPS) is 12.2. The summed E-state index contributed by atoms with van der Waals surface area (Å²) in [6.45, 7) is 1.93. The number of hydrogen-bond donors (Lipinski definition) is 1. The molecule has 0 bridgehead atoms. The van der Waals surface area contributed by atoms with Crippen LogP contribution in [0.4, 0.5) is 11.5 Å². The van der Waals surface area contributed by atoms with Gasteiger partial charge < -0.3 is 5.32 Å². The van der Waals surface area contributed by atoms with Crippen LogP contribution < -0.4 is 5.32 Å². The Hall–Kier alpha value is -1.89. The van der Waals surface area contributed by atoms with Crippen molar-refractivity contribution in [2.75, 3.05) is 5.32 Å². The molecule has 100 valence electrons. The van der Waals surface area contributed by atoms with Crippen LogP contribution in [-0.2, 0) is 7.05 Å². The highest BCUT2D eigenvalue weighted by molar-refractivity contribution is 9.10. The summed E-state index contributed by atoms with van der Waals surface area (Å²) in [6, 6.07) is 7.69. The van der Waals surface area contributed by atoms with E-state index in [1.54, 1.807) is 7.05 Å². The van der Waals surface area contributed by atoms with Gasteiger partial charge in [-0.1, -0.05) is 28.1 Å². The molecule has 0 aliphatic carbocycles. The van der Waals surface area contributed by atoms with Crippen molar-refractivity contribution >= 4 is 27.4 Å². The standard InChI is InChI=1S/C12H13BrN4O2/c1-8(9-4-3-5-10(13)6-9)14-12-11(17(18)19)7-16(2)15-12/h3-8H,1-2H3,(H,14,15). The Labute approximate surface area is 118 Å². The maximum absolute atomic E-state index is 10.9. The molecule has 1 N–H and O–H groups in total. The number of aromatic nitrogens is 2. The fourth-order valence-corrected chi connectivity index (χ4v) is 2.19. The van der Waals surface area contributed by atoms with Crippen molar-refractivity contribution in [3.8, 4) is 0 Å². The molecule has 0 amide bonds. The van der Waals surface area contributed by atoms with Gasteiger partial charge in [0.2, 0.25) is 5.82 Å². The van der Waals surface area contributed by atoms with Crippen molar-refractivity contribution in [1.82, 2.24) is 9.78 Å². The summed E-state index contributed by atoms with van der Waals surface area (Å²) in [6.07, 6.45) is 1.38. The number of anilines is 1. The number of benzene rings is 1. The van der Waals surface area contributed by atoms with Gasteiger partial charge in [0.05, 0.1) is 11.0 Å². The molecule has 7 heteroatoms. The van der Waals surface area contributed by atoms with E-state index in [0.29, 0.717) is 0 Å². The van der Waals surface area contributed by atoms with E-state index in [4.69, 9.17) is 0 Å². The lowest BCUT2D eigenvalue weighted by Crippen LogP contribution is -2.08. The molecule has 0 saturated heterocycles. The molecule has 2 aromatic rings. The summed E-state index contributed by atoms with van der Waals surface area (Å²) in [5, 5.41) is 18.0. The highest BCUT2D eigenvalue weighted by Gasteiger charge is 2.20. The molecule has 0 spiro atoms. The number of aryl methyl sites for hydroxylation is 1. The third-order valence-electron chi connectivity index (χ3n) is 2.71. The number of nitro groups is 1. The monoisotopic (exact) mass is 324 g/mol. The van der Waals surface area contributed by atoms with Crippen LogP contribution in [0.2, 0.25) is 0 Å². The van der Waals surface area contributed by atoms with E-state index < -0.39 is 4.92 Å². The van der Waals surface area contributed by atoms with Crippen molar-refractivity contribution < 1.29 is 4.92 Å². The van der Waals surface area contributed by atoms with E-state index in [0.717, 1.165) is 10.0 Å². The fraction of sp³-hybridized carbons (Fsp3) is 0.250. The molecular weight excluding hydrogens is 312 g/mol. The predicted octanol–water partition coefficient (Wildman–Crippen LogP) is 3.26. The minimum absolute atomic E-state index is 0.0238. The minimum atomic E-state index is -0.442. The summed E-state index contributed by atoms with van der Waals surface area (Å²) in [4.78, 5) is 10.5. The highest BCUT2D eigenvalue weighted by atomic mass is 79.9. The van der Waals surface area contributed by atoms with Gasteiger partial charge in [-0.3, -0.25) is 14.8 Å². The Bertz CT molecular complexity index is 612. The van der Waals surface area contributed by atoms with E-state index in [2.05, 4.69) is 26.3 Å². The quantitative estimate of drug-likeness (QED) is 0.692. The molecule has 1 heterocycles.